The van der Waals surface area contributed by atoms with Crippen molar-refractivity contribution in [3.05, 3.63) is 24.0 Å². The molecule has 0 radical (unpaired) electrons. The van der Waals surface area contributed by atoms with Gasteiger partial charge in [-0.05, 0) is 50.3 Å². The highest BCUT2D eigenvalue weighted by Crippen LogP contribution is 2.40. The van der Waals surface area contributed by atoms with Crippen molar-refractivity contribution >= 4 is 11.4 Å². The summed E-state index contributed by atoms with van der Waals surface area (Å²) in [6.45, 7) is 0. The van der Waals surface area contributed by atoms with Crippen LogP contribution in [0.15, 0.2) is 18.2 Å². The van der Waals surface area contributed by atoms with E-state index in [1.807, 2.05) is 6.07 Å². The van der Waals surface area contributed by atoms with E-state index < -0.39 is 0 Å². The smallest absolute Gasteiger partial charge is 0.148 e. The van der Waals surface area contributed by atoms with Gasteiger partial charge in [-0.15, -0.1) is 0 Å². The van der Waals surface area contributed by atoms with Crippen LogP contribution in [0.1, 0.15) is 32.1 Å². The van der Waals surface area contributed by atoms with E-state index in [0.717, 1.165) is 5.69 Å². The zero-order valence-electron chi connectivity index (χ0n) is 9.32. The lowest BCUT2D eigenvalue weighted by atomic mass is 10.0. The van der Waals surface area contributed by atoms with Crippen molar-refractivity contribution in [3.8, 4) is 0 Å². The second-order valence-corrected chi connectivity index (χ2v) is 4.93. The number of piperidine rings is 1. The zero-order valence-corrected chi connectivity index (χ0v) is 9.32. The summed E-state index contributed by atoms with van der Waals surface area (Å²) in [5.41, 5.74) is 6.84. The molecular formula is C13H17FN2. The van der Waals surface area contributed by atoms with Crippen molar-refractivity contribution in [2.45, 2.75) is 44.2 Å². The van der Waals surface area contributed by atoms with Crippen LogP contribution < -0.4 is 10.6 Å². The van der Waals surface area contributed by atoms with Crippen molar-refractivity contribution in [1.82, 2.24) is 0 Å². The van der Waals surface area contributed by atoms with Gasteiger partial charge in [0.15, 0.2) is 0 Å². The van der Waals surface area contributed by atoms with Crippen LogP contribution in [0, 0.1) is 5.82 Å². The maximum absolute atomic E-state index is 13.9. The van der Waals surface area contributed by atoms with Gasteiger partial charge in [-0.1, -0.05) is 0 Å². The van der Waals surface area contributed by atoms with Crippen molar-refractivity contribution in [2.24, 2.45) is 0 Å². The molecule has 0 amide bonds. The molecule has 2 fully saturated rings. The highest BCUT2D eigenvalue weighted by molar-refractivity contribution is 5.56. The first-order chi connectivity index (χ1) is 7.75. The predicted octanol–water partition coefficient (Wildman–Crippen LogP) is 2.93. The zero-order chi connectivity index (χ0) is 11.1. The minimum atomic E-state index is -0.168. The fourth-order valence-electron chi connectivity index (χ4n) is 3.24. The number of nitrogens with two attached hydrogens (primary N) is 1. The molecule has 0 aromatic heterocycles. The molecule has 0 saturated carbocycles. The maximum Gasteiger partial charge on any atom is 0.148 e. The molecule has 3 rings (SSSR count). The van der Waals surface area contributed by atoms with Crippen LogP contribution in [-0.2, 0) is 0 Å². The summed E-state index contributed by atoms with van der Waals surface area (Å²) in [6, 6.07) is 6.17. The van der Waals surface area contributed by atoms with Crippen LogP contribution in [0.3, 0.4) is 0 Å². The number of halogens is 1. The molecule has 2 nitrogen and oxygen atoms in total. The van der Waals surface area contributed by atoms with E-state index in [0.29, 0.717) is 17.8 Å². The average molecular weight is 220 g/mol. The molecule has 2 aliphatic heterocycles. The molecule has 2 N–H and O–H groups in total. The number of hydrogen-bond acceptors (Lipinski definition) is 2. The van der Waals surface area contributed by atoms with Crippen molar-refractivity contribution in [3.63, 3.8) is 0 Å². The van der Waals surface area contributed by atoms with E-state index in [2.05, 4.69) is 4.90 Å². The Labute approximate surface area is 95.2 Å². The number of rotatable bonds is 1. The molecule has 2 heterocycles. The lowest BCUT2D eigenvalue weighted by Gasteiger charge is -2.37. The number of hydrogen-bond donors (Lipinski definition) is 1. The molecule has 1 aromatic rings. The third kappa shape index (κ3) is 1.46. The molecule has 16 heavy (non-hydrogen) atoms. The van der Waals surface area contributed by atoms with E-state index >= 15 is 0 Å². The maximum atomic E-state index is 13.9. The highest BCUT2D eigenvalue weighted by atomic mass is 19.1. The third-order valence-corrected chi connectivity index (χ3v) is 3.94. The first-order valence-electron chi connectivity index (χ1n) is 6.09. The molecule has 0 aliphatic carbocycles. The number of anilines is 2. The van der Waals surface area contributed by atoms with E-state index in [-0.39, 0.29) is 5.82 Å². The Morgan fingerprint density at radius 1 is 1.12 bits per heavy atom. The van der Waals surface area contributed by atoms with Crippen LogP contribution in [0.25, 0.3) is 0 Å². The Hall–Kier alpha value is -1.25. The lowest BCUT2D eigenvalue weighted by molar-refractivity contribution is 0.460. The highest BCUT2D eigenvalue weighted by Gasteiger charge is 2.37. The third-order valence-electron chi connectivity index (χ3n) is 3.94. The minimum Gasteiger partial charge on any atom is -0.399 e. The number of nitrogens with zero attached hydrogens (tertiary/aromatic N) is 1. The molecule has 2 bridgehead atoms. The molecule has 86 valence electrons. The van der Waals surface area contributed by atoms with Gasteiger partial charge < -0.3 is 10.6 Å². The van der Waals surface area contributed by atoms with Crippen molar-refractivity contribution in [1.29, 1.82) is 0 Å². The normalized spacial score (nSPS) is 28.4. The SMILES string of the molecule is Nc1ccc(N2C3CCCC2CC3)c(F)c1. The van der Waals surface area contributed by atoms with E-state index in [4.69, 9.17) is 5.73 Å². The van der Waals surface area contributed by atoms with Gasteiger partial charge in [-0.25, -0.2) is 4.39 Å². The van der Waals surface area contributed by atoms with Gasteiger partial charge in [0.2, 0.25) is 0 Å². The second-order valence-electron chi connectivity index (χ2n) is 4.93. The van der Waals surface area contributed by atoms with Crippen LogP contribution in [0.2, 0.25) is 0 Å². The Bertz CT molecular complexity index is 389. The standard InChI is InChI=1S/C13H17FN2/c14-12-8-9(15)4-7-13(12)16-10-2-1-3-11(16)6-5-10/h4,7-8,10-11H,1-3,5-6,15H2. The minimum absolute atomic E-state index is 0.168. The molecule has 2 aliphatic rings. The first-order valence-corrected chi connectivity index (χ1v) is 6.09. The number of benzene rings is 1. The van der Waals surface area contributed by atoms with Gasteiger partial charge in [-0.2, -0.15) is 0 Å². The Kier molecular flexibility index (Phi) is 2.27. The van der Waals surface area contributed by atoms with Gasteiger partial charge in [-0.3, -0.25) is 0 Å². The van der Waals surface area contributed by atoms with Crippen molar-refractivity contribution in [2.75, 3.05) is 10.6 Å². The van der Waals surface area contributed by atoms with Gasteiger partial charge in [0.25, 0.3) is 0 Å². The first kappa shape index (κ1) is 9.94. The fourth-order valence-corrected chi connectivity index (χ4v) is 3.24. The van der Waals surface area contributed by atoms with Crippen LogP contribution in [-0.4, -0.2) is 12.1 Å². The molecular weight excluding hydrogens is 203 g/mol. The summed E-state index contributed by atoms with van der Waals surface area (Å²) in [7, 11) is 0. The molecule has 2 saturated heterocycles. The Morgan fingerprint density at radius 2 is 1.81 bits per heavy atom. The Morgan fingerprint density at radius 3 is 2.44 bits per heavy atom. The average Bonchev–Trinajstić information content (AvgIpc) is 2.50. The molecule has 2 unspecified atom stereocenters. The largest absolute Gasteiger partial charge is 0.399 e. The molecule has 1 aromatic carbocycles. The predicted molar refractivity (Wildman–Crippen MR) is 64.0 cm³/mol. The fraction of sp³-hybridized carbons (Fsp3) is 0.538. The summed E-state index contributed by atoms with van der Waals surface area (Å²) in [4.78, 5) is 2.29. The lowest BCUT2D eigenvalue weighted by Crippen LogP contribution is -2.40. The van der Waals surface area contributed by atoms with E-state index in [9.17, 15) is 4.39 Å². The Balaban J connectivity index is 1.97. The van der Waals surface area contributed by atoms with Crippen LogP contribution in [0.4, 0.5) is 15.8 Å². The summed E-state index contributed by atoms with van der Waals surface area (Å²) in [6.07, 6.45) is 6.14. The topological polar surface area (TPSA) is 29.3 Å². The summed E-state index contributed by atoms with van der Waals surface area (Å²) < 4.78 is 13.9. The molecule has 3 heteroatoms. The van der Waals surface area contributed by atoms with Gasteiger partial charge >= 0.3 is 0 Å². The van der Waals surface area contributed by atoms with Crippen LogP contribution >= 0.6 is 0 Å². The van der Waals surface area contributed by atoms with Crippen molar-refractivity contribution < 1.29 is 4.39 Å². The number of fused-ring (bicyclic) bond motifs is 2. The van der Waals surface area contributed by atoms with Gasteiger partial charge in [0.1, 0.15) is 5.82 Å². The van der Waals surface area contributed by atoms with Gasteiger partial charge in [0, 0.05) is 17.8 Å². The van der Waals surface area contributed by atoms with Gasteiger partial charge in [0.05, 0.1) is 5.69 Å². The molecule has 2 atom stereocenters. The van der Waals surface area contributed by atoms with E-state index in [1.54, 1.807) is 6.07 Å². The van der Waals surface area contributed by atoms with E-state index in [1.165, 1.54) is 38.2 Å². The van der Waals surface area contributed by atoms with Crippen LogP contribution in [0.5, 0.6) is 0 Å². The second kappa shape index (κ2) is 3.65. The summed E-state index contributed by atoms with van der Waals surface area (Å²) in [5.74, 6) is -0.168. The summed E-state index contributed by atoms with van der Waals surface area (Å²) in [5, 5.41) is 0. The number of nitrogen functional groups attached to an aromatic ring is 1. The monoisotopic (exact) mass is 220 g/mol. The molecule has 0 spiro atoms. The summed E-state index contributed by atoms with van der Waals surface area (Å²) >= 11 is 0. The quantitative estimate of drug-likeness (QED) is 0.737.